The predicted molar refractivity (Wildman–Crippen MR) is 100 cm³/mol. The summed E-state index contributed by atoms with van der Waals surface area (Å²) in [5.41, 5.74) is 2.67. The molecule has 1 aliphatic rings. The van der Waals surface area contributed by atoms with Crippen molar-refractivity contribution < 1.29 is 4.79 Å². The molecule has 1 aromatic heterocycles. The maximum absolute atomic E-state index is 12.5. The summed E-state index contributed by atoms with van der Waals surface area (Å²) in [6, 6.07) is 8.17. The van der Waals surface area contributed by atoms with Crippen molar-refractivity contribution in [2.45, 2.75) is 39.5 Å². The van der Waals surface area contributed by atoms with E-state index < -0.39 is 0 Å². The smallest absolute Gasteiger partial charge is 0.274 e. The third kappa shape index (κ3) is 4.16. The number of benzene rings is 1. The first-order valence-electron chi connectivity index (χ1n) is 9.02. The Labute approximate surface area is 149 Å². The van der Waals surface area contributed by atoms with Crippen LogP contribution in [0, 0.1) is 5.92 Å². The second kappa shape index (κ2) is 7.64. The van der Waals surface area contributed by atoms with E-state index in [-0.39, 0.29) is 5.91 Å². The maximum Gasteiger partial charge on any atom is 0.274 e. The molecule has 1 N–H and O–H groups in total. The van der Waals surface area contributed by atoms with Gasteiger partial charge in [-0.1, -0.05) is 39.0 Å². The van der Waals surface area contributed by atoms with Crippen LogP contribution < -0.4 is 5.32 Å². The standard InChI is InChI=1S/C20H26N4O/c1-14(2)16-6-4-5-7-17(16)23-19-13-21-18(12-22-19)20(25)24-10-8-15(3)9-11-24/h4-7,12-15H,8-11H2,1-3H3,(H,22,23). The summed E-state index contributed by atoms with van der Waals surface area (Å²) >= 11 is 0. The number of carbonyl (C=O) groups excluding carboxylic acids is 1. The molecule has 1 saturated heterocycles. The highest BCUT2D eigenvalue weighted by molar-refractivity contribution is 5.92. The van der Waals surface area contributed by atoms with Crippen molar-refractivity contribution in [3.05, 3.63) is 47.9 Å². The number of carbonyl (C=O) groups is 1. The van der Waals surface area contributed by atoms with Crippen LogP contribution >= 0.6 is 0 Å². The Morgan fingerprint density at radius 3 is 2.52 bits per heavy atom. The monoisotopic (exact) mass is 338 g/mol. The van der Waals surface area contributed by atoms with E-state index in [2.05, 4.69) is 42.1 Å². The summed E-state index contributed by atoms with van der Waals surface area (Å²) in [6.45, 7) is 8.17. The van der Waals surface area contributed by atoms with Gasteiger partial charge in [-0.05, 0) is 36.3 Å². The number of amides is 1. The van der Waals surface area contributed by atoms with Crippen LogP contribution in [0.3, 0.4) is 0 Å². The van der Waals surface area contributed by atoms with Crippen LogP contribution in [-0.2, 0) is 0 Å². The van der Waals surface area contributed by atoms with Gasteiger partial charge >= 0.3 is 0 Å². The zero-order chi connectivity index (χ0) is 17.8. The fourth-order valence-electron chi connectivity index (χ4n) is 3.13. The van der Waals surface area contributed by atoms with Crippen LogP contribution in [0.15, 0.2) is 36.7 Å². The molecule has 1 amide bonds. The zero-order valence-electron chi connectivity index (χ0n) is 15.2. The van der Waals surface area contributed by atoms with E-state index in [1.807, 2.05) is 23.1 Å². The van der Waals surface area contributed by atoms with Crippen molar-refractivity contribution in [2.24, 2.45) is 5.92 Å². The van der Waals surface area contributed by atoms with Crippen molar-refractivity contribution in [3.63, 3.8) is 0 Å². The minimum Gasteiger partial charge on any atom is -0.339 e. The van der Waals surface area contributed by atoms with Crippen LogP contribution in [0.1, 0.15) is 55.6 Å². The molecule has 5 nitrogen and oxygen atoms in total. The average Bonchev–Trinajstić information content (AvgIpc) is 2.63. The van der Waals surface area contributed by atoms with Crippen LogP contribution in [0.5, 0.6) is 0 Å². The molecule has 1 aromatic carbocycles. The number of hydrogen-bond donors (Lipinski definition) is 1. The fourth-order valence-corrected chi connectivity index (χ4v) is 3.13. The lowest BCUT2D eigenvalue weighted by molar-refractivity contribution is 0.0691. The predicted octanol–water partition coefficient (Wildman–Crippen LogP) is 4.22. The summed E-state index contributed by atoms with van der Waals surface area (Å²) in [6.07, 6.45) is 5.33. The molecule has 0 aliphatic carbocycles. The van der Waals surface area contributed by atoms with Crippen LogP contribution in [0.2, 0.25) is 0 Å². The zero-order valence-corrected chi connectivity index (χ0v) is 15.2. The third-order valence-electron chi connectivity index (χ3n) is 4.79. The molecular formula is C20H26N4O. The highest BCUT2D eigenvalue weighted by Crippen LogP contribution is 2.26. The van der Waals surface area contributed by atoms with Crippen LogP contribution in [0.25, 0.3) is 0 Å². The topological polar surface area (TPSA) is 58.1 Å². The van der Waals surface area contributed by atoms with Gasteiger partial charge in [0.15, 0.2) is 0 Å². The summed E-state index contributed by atoms with van der Waals surface area (Å²) in [5, 5.41) is 3.31. The highest BCUT2D eigenvalue weighted by Gasteiger charge is 2.22. The molecule has 132 valence electrons. The Morgan fingerprint density at radius 1 is 1.16 bits per heavy atom. The van der Waals surface area contributed by atoms with Gasteiger partial charge in [-0.25, -0.2) is 9.97 Å². The van der Waals surface area contributed by atoms with Gasteiger partial charge in [0.1, 0.15) is 11.5 Å². The van der Waals surface area contributed by atoms with Crippen molar-refractivity contribution >= 4 is 17.4 Å². The molecule has 3 rings (SSSR count). The van der Waals surface area contributed by atoms with Gasteiger partial charge in [-0.2, -0.15) is 0 Å². The summed E-state index contributed by atoms with van der Waals surface area (Å²) < 4.78 is 0. The van der Waals surface area contributed by atoms with E-state index in [0.717, 1.165) is 31.6 Å². The maximum atomic E-state index is 12.5. The number of piperidine rings is 1. The molecule has 1 fully saturated rings. The average molecular weight is 338 g/mol. The minimum absolute atomic E-state index is 0.0199. The third-order valence-corrected chi connectivity index (χ3v) is 4.79. The quantitative estimate of drug-likeness (QED) is 0.907. The first-order chi connectivity index (χ1) is 12.0. The number of nitrogens with zero attached hydrogens (tertiary/aromatic N) is 3. The van der Waals surface area contributed by atoms with Gasteiger partial charge in [-0.3, -0.25) is 4.79 Å². The van der Waals surface area contributed by atoms with E-state index in [1.165, 1.54) is 5.56 Å². The molecule has 25 heavy (non-hydrogen) atoms. The molecule has 0 saturated carbocycles. The van der Waals surface area contributed by atoms with Crippen LogP contribution in [-0.4, -0.2) is 33.9 Å². The first kappa shape index (κ1) is 17.4. The number of rotatable bonds is 4. The van der Waals surface area contributed by atoms with Crippen molar-refractivity contribution in [1.82, 2.24) is 14.9 Å². The SMILES string of the molecule is CC1CCN(C(=O)c2cnc(Nc3ccccc3C(C)C)cn2)CC1. The minimum atomic E-state index is -0.0199. The van der Waals surface area contributed by atoms with E-state index in [0.29, 0.717) is 23.3 Å². The van der Waals surface area contributed by atoms with Gasteiger partial charge < -0.3 is 10.2 Å². The second-order valence-corrected chi connectivity index (χ2v) is 7.13. The summed E-state index contributed by atoms with van der Waals surface area (Å²) in [4.78, 5) is 23.1. The Bertz CT molecular complexity index is 719. The van der Waals surface area contributed by atoms with Crippen LogP contribution in [0.4, 0.5) is 11.5 Å². The Kier molecular flexibility index (Phi) is 5.31. The van der Waals surface area contributed by atoms with E-state index in [4.69, 9.17) is 0 Å². The van der Waals surface area contributed by atoms with Gasteiger partial charge in [0.05, 0.1) is 12.4 Å². The molecule has 0 bridgehead atoms. The summed E-state index contributed by atoms with van der Waals surface area (Å²) in [7, 11) is 0. The molecule has 0 spiro atoms. The lowest BCUT2D eigenvalue weighted by atomic mass is 9.99. The lowest BCUT2D eigenvalue weighted by Gasteiger charge is -2.29. The number of para-hydroxylation sites is 1. The fraction of sp³-hybridized carbons (Fsp3) is 0.450. The number of hydrogen-bond acceptors (Lipinski definition) is 4. The lowest BCUT2D eigenvalue weighted by Crippen LogP contribution is -2.38. The molecule has 1 aliphatic heterocycles. The molecule has 0 unspecified atom stereocenters. The Morgan fingerprint density at radius 2 is 1.88 bits per heavy atom. The molecule has 2 aromatic rings. The molecule has 0 atom stereocenters. The Balaban J connectivity index is 1.69. The van der Waals surface area contributed by atoms with Gasteiger partial charge in [-0.15, -0.1) is 0 Å². The first-order valence-corrected chi connectivity index (χ1v) is 9.02. The van der Waals surface area contributed by atoms with Crippen molar-refractivity contribution in [3.8, 4) is 0 Å². The van der Waals surface area contributed by atoms with E-state index in [9.17, 15) is 4.79 Å². The number of nitrogens with one attached hydrogen (secondary N) is 1. The largest absolute Gasteiger partial charge is 0.339 e. The van der Waals surface area contributed by atoms with E-state index >= 15 is 0 Å². The molecule has 0 radical (unpaired) electrons. The number of anilines is 2. The van der Waals surface area contributed by atoms with E-state index in [1.54, 1.807) is 12.4 Å². The highest BCUT2D eigenvalue weighted by atomic mass is 16.2. The number of aromatic nitrogens is 2. The molecule has 5 heteroatoms. The summed E-state index contributed by atoms with van der Waals surface area (Å²) in [5.74, 6) is 1.74. The van der Waals surface area contributed by atoms with Gasteiger partial charge in [0.2, 0.25) is 0 Å². The van der Waals surface area contributed by atoms with Gasteiger partial charge in [0.25, 0.3) is 5.91 Å². The second-order valence-electron chi connectivity index (χ2n) is 7.13. The van der Waals surface area contributed by atoms with Crippen molar-refractivity contribution in [1.29, 1.82) is 0 Å². The molecule has 2 heterocycles. The van der Waals surface area contributed by atoms with Crippen molar-refractivity contribution in [2.75, 3.05) is 18.4 Å². The van der Waals surface area contributed by atoms with Gasteiger partial charge in [0, 0.05) is 18.8 Å². The molecular weight excluding hydrogens is 312 g/mol. The normalized spacial score (nSPS) is 15.4. The Hall–Kier alpha value is -2.43. The number of likely N-dealkylation sites (tertiary alicyclic amines) is 1.